The Hall–Kier alpha value is -2.86. The van der Waals surface area contributed by atoms with Crippen LogP contribution in [-0.4, -0.2) is 54.2 Å². The van der Waals surface area contributed by atoms with Gasteiger partial charge in [-0.3, -0.25) is 9.59 Å². The minimum Gasteiger partial charge on any atom is -0.508 e. The number of carbonyl (C=O) groups is 2. The number of morpholine rings is 1. The van der Waals surface area contributed by atoms with Gasteiger partial charge in [-0.2, -0.15) is 0 Å². The first-order valence-corrected chi connectivity index (χ1v) is 9.12. The van der Waals surface area contributed by atoms with Crippen LogP contribution in [0.5, 0.6) is 5.75 Å². The van der Waals surface area contributed by atoms with E-state index in [4.69, 9.17) is 4.74 Å². The molecule has 6 nitrogen and oxygen atoms in total. The van der Waals surface area contributed by atoms with E-state index in [9.17, 15) is 14.7 Å². The van der Waals surface area contributed by atoms with E-state index in [2.05, 4.69) is 5.32 Å². The zero-order valence-corrected chi connectivity index (χ0v) is 15.1. The van der Waals surface area contributed by atoms with Crippen LogP contribution in [0.3, 0.4) is 0 Å². The molecule has 2 aromatic rings. The molecular weight excluding hydrogens is 344 g/mol. The van der Waals surface area contributed by atoms with Crippen molar-refractivity contribution in [3.63, 3.8) is 0 Å². The zero-order valence-electron chi connectivity index (χ0n) is 15.1. The molecule has 2 N–H and O–H groups in total. The van der Waals surface area contributed by atoms with Gasteiger partial charge in [0.25, 0.3) is 5.91 Å². The minimum atomic E-state index is -0.230. The third kappa shape index (κ3) is 5.56. The highest BCUT2D eigenvalue weighted by Crippen LogP contribution is 2.11. The van der Waals surface area contributed by atoms with Gasteiger partial charge < -0.3 is 20.1 Å². The van der Waals surface area contributed by atoms with E-state index in [1.165, 1.54) is 12.1 Å². The summed E-state index contributed by atoms with van der Waals surface area (Å²) in [5.41, 5.74) is 1.62. The molecule has 3 rings (SSSR count). The lowest BCUT2D eigenvalue weighted by atomic mass is 10.1. The normalized spacial score (nSPS) is 16.7. The van der Waals surface area contributed by atoms with E-state index >= 15 is 0 Å². The molecule has 0 bridgehead atoms. The first-order chi connectivity index (χ1) is 13.1. The van der Waals surface area contributed by atoms with Gasteiger partial charge in [0.15, 0.2) is 0 Å². The number of amides is 2. The van der Waals surface area contributed by atoms with Gasteiger partial charge in [0, 0.05) is 31.6 Å². The molecule has 6 heteroatoms. The van der Waals surface area contributed by atoms with Crippen molar-refractivity contribution in [3.05, 3.63) is 65.7 Å². The second-order valence-corrected chi connectivity index (χ2v) is 6.58. The van der Waals surface area contributed by atoms with E-state index < -0.39 is 0 Å². The topological polar surface area (TPSA) is 78.9 Å². The van der Waals surface area contributed by atoms with Crippen LogP contribution >= 0.6 is 0 Å². The summed E-state index contributed by atoms with van der Waals surface area (Å²) in [6.07, 6.45) is 0.969. The fraction of sp³-hybridized carbons (Fsp3) is 0.333. The molecule has 0 spiro atoms. The fourth-order valence-corrected chi connectivity index (χ4v) is 3.04. The van der Waals surface area contributed by atoms with E-state index in [0.717, 1.165) is 12.0 Å². The van der Waals surface area contributed by atoms with E-state index in [0.29, 0.717) is 38.2 Å². The number of benzene rings is 2. The maximum atomic E-state index is 12.5. The summed E-state index contributed by atoms with van der Waals surface area (Å²) in [4.78, 5) is 26.4. The van der Waals surface area contributed by atoms with Gasteiger partial charge in [-0.05, 0) is 36.2 Å². The lowest BCUT2D eigenvalue weighted by Crippen LogP contribution is -2.49. The lowest BCUT2D eigenvalue weighted by Gasteiger charge is -2.33. The molecule has 1 aliphatic rings. The van der Waals surface area contributed by atoms with Gasteiger partial charge in [0.05, 0.1) is 12.7 Å². The van der Waals surface area contributed by atoms with Crippen molar-refractivity contribution in [2.75, 3.05) is 26.2 Å². The van der Waals surface area contributed by atoms with Crippen molar-refractivity contribution in [2.45, 2.75) is 18.9 Å². The maximum Gasteiger partial charge on any atom is 0.251 e. The quantitative estimate of drug-likeness (QED) is 0.817. The number of aryl methyl sites for hydroxylation is 1. The van der Waals surface area contributed by atoms with Crippen molar-refractivity contribution in [3.8, 4) is 5.75 Å². The third-order valence-electron chi connectivity index (χ3n) is 4.58. The van der Waals surface area contributed by atoms with Crippen LogP contribution in [-0.2, 0) is 16.0 Å². The number of rotatable bonds is 6. The smallest absolute Gasteiger partial charge is 0.251 e. The molecule has 1 heterocycles. The predicted molar refractivity (Wildman–Crippen MR) is 102 cm³/mol. The number of nitrogens with one attached hydrogen (secondary N) is 1. The largest absolute Gasteiger partial charge is 0.508 e. The molecule has 1 fully saturated rings. The number of hydrogen-bond acceptors (Lipinski definition) is 4. The molecule has 0 saturated carbocycles. The highest BCUT2D eigenvalue weighted by molar-refractivity contribution is 5.94. The van der Waals surface area contributed by atoms with E-state index in [-0.39, 0.29) is 23.7 Å². The summed E-state index contributed by atoms with van der Waals surface area (Å²) in [6, 6.07) is 16.0. The van der Waals surface area contributed by atoms with Gasteiger partial charge in [-0.25, -0.2) is 0 Å². The zero-order chi connectivity index (χ0) is 19.1. The van der Waals surface area contributed by atoms with Crippen LogP contribution in [0.25, 0.3) is 0 Å². The number of carbonyl (C=O) groups excluding carboxylic acids is 2. The number of aromatic hydroxyl groups is 1. The monoisotopic (exact) mass is 368 g/mol. The van der Waals surface area contributed by atoms with Crippen LogP contribution in [0.15, 0.2) is 54.6 Å². The Morgan fingerprint density at radius 2 is 1.85 bits per heavy atom. The third-order valence-corrected chi connectivity index (χ3v) is 4.58. The van der Waals surface area contributed by atoms with Gasteiger partial charge in [0.2, 0.25) is 5.91 Å². The molecule has 0 unspecified atom stereocenters. The Balaban J connectivity index is 1.45. The molecule has 1 saturated heterocycles. The van der Waals surface area contributed by atoms with Crippen molar-refractivity contribution in [2.24, 2.45) is 0 Å². The highest BCUT2D eigenvalue weighted by Gasteiger charge is 2.24. The fourth-order valence-electron chi connectivity index (χ4n) is 3.04. The van der Waals surface area contributed by atoms with Gasteiger partial charge >= 0.3 is 0 Å². The number of nitrogens with zero attached hydrogens (tertiary/aromatic N) is 1. The van der Waals surface area contributed by atoms with Gasteiger partial charge in [-0.15, -0.1) is 0 Å². The Labute approximate surface area is 158 Å². The van der Waals surface area contributed by atoms with Crippen LogP contribution in [0, 0.1) is 0 Å². The Bertz CT molecular complexity index is 762. The molecule has 0 aliphatic carbocycles. The average Bonchev–Trinajstić information content (AvgIpc) is 2.71. The number of hydrogen-bond donors (Lipinski definition) is 2. The first-order valence-electron chi connectivity index (χ1n) is 9.12. The summed E-state index contributed by atoms with van der Waals surface area (Å²) < 4.78 is 5.68. The Morgan fingerprint density at radius 3 is 2.59 bits per heavy atom. The summed E-state index contributed by atoms with van der Waals surface area (Å²) in [5.74, 6) is -0.00466. The van der Waals surface area contributed by atoms with Gasteiger partial charge in [-0.1, -0.05) is 30.3 Å². The molecule has 1 aliphatic heterocycles. The molecule has 27 heavy (non-hydrogen) atoms. The molecule has 1 atom stereocenters. The molecule has 2 aromatic carbocycles. The van der Waals surface area contributed by atoms with Crippen LogP contribution in [0.1, 0.15) is 22.3 Å². The van der Waals surface area contributed by atoms with Crippen LogP contribution < -0.4 is 5.32 Å². The standard InChI is InChI=1S/C21H24N2O4/c24-18-9-7-17(8-10-18)21(26)22-14-19-15-23(12-13-27-19)20(25)11-6-16-4-2-1-3-5-16/h1-5,7-10,19,24H,6,11-15H2,(H,22,26)/t19-/m1/s1. The molecule has 0 radical (unpaired) electrons. The Morgan fingerprint density at radius 1 is 1.11 bits per heavy atom. The van der Waals surface area contributed by atoms with Crippen molar-refractivity contribution in [1.82, 2.24) is 10.2 Å². The minimum absolute atomic E-state index is 0.108. The number of phenols is 1. The molecular formula is C21H24N2O4. The van der Waals surface area contributed by atoms with Crippen LogP contribution in [0.4, 0.5) is 0 Å². The molecule has 0 aromatic heterocycles. The summed E-state index contributed by atoms with van der Waals surface area (Å²) in [7, 11) is 0. The van der Waals surface area contributed by atoms with Crippen molar-refractivity contribution < 1.29 is 19.4 Å². The maximum absolute atomic E-state index is 12.5. The second-order valence-electron chi connectivity index (χ2n) is 6.58. The van der Waals surface area contributed by atoms with Crippen molar-refractivity contribution >= 4 is 11.8 Å². The molecule has 142 valence electrons. The summed E-state index contributed by atoms with van der Waals surface area (Å²) in [6.45, 7) is 1.86. The summed E-state index contributed by atoms with van der Waals surface area (Å²) >= 11 is 0. The molecule has 2 amide bonds. The first kappa shape index (κ1) is 18.9. The van der Waals surface area contributed by atoms with Gasteiger partial charge in [0.1, 0.15) is 5.75 Å². The number of phenolic OH excluding ortho intramolecular Hbond substituents is 1. The van der Waals surface area contributed by atoms with Crippen LogP contribution in [0.2, 0.25) is 0 Å². The van der Waals surface area contributed by atoms with E-state index in [1.54, 1.807) is 12.1 Å². The lowest BCUT2D eigenvalue weighted by molar-refractivity contribution is -0.138. The summed E-state index contributed by atoms with van der Waals surface area (Å²) in [5, 5.41) is 12.1. The average molecular weight is 368 g/mol. The predicted octanol–water partition coefficient (Wildman–Crippen LogP) is 1.98. The number of ether oxygens (including phenoxy) is 1. The highest BCUT2D eigenvalue weighted by atomic mass is 16.5. The SMILES string of the molecule is O=C(NC[C@@H]1CN(C(=O)CCc2ccccc2)CCO1)c1ccc(O)cc1. The van der Waals surface area contributed by atoms with Crippen molar-refractivity contribution in [1.29, 1.82) is 0 Å². The van der Waals surface area contributed by atoms with E-state index in [1.807, 2.05) is 35.2 Å². The second kappa shape index (κ2) is 9.19. The Kier molecular flexibility index (Phi) is 6.44.